The summed E-state index contributed by atoms with van der Waals surface area (Å²) in [7, 11) is 1.88. The van der Waals surface area contributed by atoms with Crippen LogP contribution in [-0.2, 0) is 29.5 Å². The Kier molecular flexibility index (Phi) is 6.24. The molecule has 2 aromatic rings. The number of carbonyl (C=O) groups excluding carboxylic acids is 1. The molecule has 0 unspecified atom stereocenters. The molecule has 1 fully saturated rings. The zero-order chi connectivity index (χ0) is 21.3. The molecule has 29 heavy (non-hydrogen) atoms. The van der Waals surface area contributed by atoms with Crippen LogP contribution in [0.25, 0.3) is 11.0 Å². The summed E-state index contributed by atoms with van der Waals surface area (Å²) < 4.78 is 9.84. The van der Waals surface area contributed by atoms with Crippen molar-refractivity contribution in [1.82, 2.24) is 4.57 Å². The molecule has 3 rings (SSSR count). The highest BCUT2D eigenvalue weighted by Crippen LogP contribution is 2.35. The zero-order valence-electron chi connectivity index (χ0n) is 18.1. The molecule has 3 atom stereocenters. The van der Waals surface area contributed by atoms with Crippen molar-refractivity contribution in [1.29, 1.82) is 0 Å². The number of non-ortho nitro benzene ring substituents is 1. The number of aryl methyl sites for hydroxylation is 1. The third-order valence-electron chi connectivity index (χ3n) is 6.37. The van der Waals surface area contributed by atoms with E-state index in [0.717, 1.165) is 29.7 Å². The molecule has 1 saturated carbocycles. The molecule has 0 spiro atoms. The Hall–Kier alpha value is -2.44. The molecule has 0 saturated heterocycles. The molecular formula is C22H32N3O4+. The van der Waals surface area contributed by atoms with Crippen molar-refractivity contribution in [3.05, 3.63) is 34.1 Å². The quantitative estimate of drug-likeness (QED) is 0.317. The van der Waals surface area contributed by atoms with Gasteiger partial charge in [-0.15, -0.1) is 0 Å². The van der Waals surface area contributed by atoms with Crippen molar-refractivity contribution in [2.75, 3.05) is 0 Å². The fourth-order valence-corrected chi connectivity index (χ4v) is 4.77. The Morgan fingerprint density at radius 2 is 2.10 bits per heavy atom. The molecular weight excluding hydrogens is 370 g/mol. The van der Waals surface area contributed by atoms with Crippen LogP contribution in [0.3, 0.4) is 0 Å². The van der Waals surface area contributed by atoms with Gasteiger partial charge < -0.3 is 4.74 Å². The van der Waals surface area contributed by atoms with Gasteiger partial charge in [-0.25, -0.2) is 13.9 Å². The topological polar surface area (TPSA) is 78.2 Å². The fourth-order valence-electron chi connectivity index (χ4n) is 4.77. The number of fused-ring (bicyclic) bond motifs is 1. The minimum Gasteiger partial charge on any atom is -0.459 e. The lowest BCUT2D eigenvalue weighted by Gasteiger charge is -2.36. The lowest BCUT2D eigenvalue weighted by Crippen LogP contribution is -2.44. The minimum absolute atomic E-state index is 0.0343. The summed E-state index contributed by atoms with van der Waals surface area (Å²) >= 11 is 0. The van der Waals surface area contributed by atoms with Crippen LogP contribution in [0.5, 0.6) is 0 Å². The molecule has 0 bridgehead atoms. The van der Waals surface area contributed by atoms with Gasteiger partial charge in [0.15, 0.2) is 17.6 Å². The van der Waals surface area contributed by atoms with E-state index >= 15 is 0 Å². The van der Waals surface area contributed by atoms with E-state index in [1.165, 1.54) is 12.5 Å². The van der Waals surface area contributed by atoms with Gasteiger partial charge in [-0.2, -0.15) is 0 Å². The predicted molar refractivity (Wildman–Crippen MR) is 110 cm³/mol. The van der Waals surface area contributed by atoms with Crippen LogP contribution in [0.1, 0.15) is 52.8 Å². The molecule has 0 N–H and O–H groups in total. The first-order chi connectivity index (χ1) is 13.7. The molecule has 0 radical (unpaired) electrons. The Balaban J connectivity index is 1.87. The van der Waals surface area contributed by atoms with Crippen molar-refractivity contribution >= 4 is 22.7 Å². The number of esters is 1. The number of nitrogens with zero attached hydrogens (tertiary/aromatic N) is 3. The van der Waals surface area contributed by atoms with E-state index in [2.05, 4.69) is 20.8 Å². The van der Waals surface area contributed by atoms with E-state index in [4.69, 9.17) is 4.74 Å². The van der Waals surface area contributed by atoms with E-state index in [1.807, 2.05) is 23.1 Å². The Bertz CT molecular complexity index is 918. The van der Waals surface area contributed by atoms with Gasteiger partial charge in [0.25, 0.3) is 11.5 Å². The number of nitro benzene ring substituents is 1. The fraction of sp³-hybridized carbons (Fsp3) is 0.636. The van der Waals surface area contributed by atoms with Gasteiger partial charge >= 0.3 is 5.97 Å². The first kappa shape index (κ1) is 21.3. The lowest BCUT2D eigenvalue weighted by molar-refractivity contribution is -0.668. The lowest BCUT2D eigenvalue weighted by atomic mass is 9.75. The van der Waals surface area contributed by atoms with Crippen molar-refractivity contribution in [2.24, 2.45) is 24.8 Å². The maximum atomic E-state index is 12.9. The van der Waals surface area contributed by atoms with Gasteiger partial charge in [0.1, 0.15) is 6.10 Å². The molecule has 1 aromatic heterocycles. The maximum absolute atomic E-state index is 12.9. The van der Waals surface area contributed by atoms with Gasteiger partial charge in [0.2, 0.25) is 0 Å². The van der Waals surface area contributed by atoms with Crippen molar-refractivity contribution in [3.8, 4) is 0 Å². The van der Waals surface area contributed by atoms with Gasteiger partial charge in [-0.05, 0) is 36.7 Å². The van der Waals surface area contributed by atoms with E-state index in [1.54, 1.807) is 12.1 Å². The van der Waals surface area contributed by atoms with Gasteiger partial charge in [0, 0.05) is 12.5 Å². The minimum atomic E-state index is -0.396. The molecule has 1 aliphatic carbocycles. The number of nitro groups is 1. The first-order valence-electron chi connectivity index (χ1n) is 10.6. The summed E-state index contributed by atoms with van der Waals surface area (Å²) in [6.07, 6.45) is 3.88. The third-order valence-corrected chi connectivity index (χ3v) is 6.37. The van der Waals surface area contributed by atoms with Crippen molar-refractivity contribution in [2.45, 2.75) is 66.0 Å². The average Bonchev–Trinajstić information content (AvgIpc) is 2.92. The monoisotopic (exact) mass is 402 g/mol. The molecule has 1 heterocycles. The van der Waals surface area contributed by atoms with Crippen molar-refractivity contribution in [3.63, 3.8) is 0 Å². The molecule has 158 valence electrons. The second-order valence-electron chi connectivity index (χ2n) is 8.70. The van der Waals surface area contributed by atoms with Crippen LogP contribution in [0.2, 0.25) is 0 Å². The number of hydrogen-bond donors (Lipinski definition) is 0. The molecule has 7 heteroatoms. The summed E-state index contributed by atoms with van der Waals surface area (Å²) in [4.78, 5) is 23.6. The number of rotatable bonds is 6. The number of ether oxygens (including phenoxy) is 1. The van der Waals surface area contributed by atoms with Crippen LogP contribution in [0, 0.1) is 27.9 Å². The highest BCUT2D eigenvalue weighted by atomic mass is 16.6. The molecule has 1 aromatic carbocycles. The highest BCUT2D eigenvalue weighted by molar-refractivity contribution is 5.76. The Labute approximate surface area is 171 Å². The second-order valence-corrected chi connectivity index (χ2v) is 8.70. The summed E-state index contributed by atoms with van der Waals surface area (Å²) in [5, 5.41) is 11.1. The van der Waals surface area contributed by atoms with Crippen LogP contribution in [-0.4, -0.2) is 21.6 Å². The average molecular weight is 403 g/mol. The number of aromatic nitrogens is 2. The summed E-state index contributed by atoms with van der Waals surface area (Å²) in [6.45, 7) is 8.75. The largest absolute Gasteiger partial charge is 0.459 e. The van der Waals surface area contributed by atoms with Crippen LogP contribution < -0.4 is 4.57 Å². The number of benzene rings is 1. The van der Waals surface area contributed by atoms with Gasteiger partial charge in [-0.1, -0.05) is 34.1 Å². The van der Waals surface area contributed by atoms with E-state index < -0.39 is 4.92 Å². The van der Waals surface area contributed by atoms with Gasteiger partial charge in [-0.3, -0.25) is 10.1 Å². The van der Waals surface area contributed by atoms with Crippen LogP contribution >= 0.6 is 0 Å². The predicted octanol–water partition coefficient (Wildman–Crippen LogP) is 3.94. The molecule has 0 amide bonds. The molecule has 0 aliphatic heterocycles. The summed E-state index contributed by atoms with van der Waals surface area (Å²) in [5.74, 6) is 2.16. The number of imidazole rings is 1. The first-order valence-corrected chi connectivity index (χ1v) is 10.6. The highest BCUT2D eigenvalue weighted by Gasteiger charge is 2.34. The summed E-state index contributed by atoms with van der Waals surface area (Å²) in [5.41, 5.74) is 1.60. The second kappa shape index (κ2) is 8.51. The smallest absolute Gasteiger partial charge is 0.348 e. The van der Waals surface area contributed by atoms with Crippen molar-refractivity contribution < 1.29 is 19.0 Å². The Morgan fingerprint density at radius 3 is 2.72 bits per heavy atom. The van der Waals surface area contributed by atoms with Crippen LogP contribution in [0.15, 0.2) is 18.2 Å². The third kappa shape index (κ3) is 4.28. The number of hydrogen-bond acceptors (Lipinski definition) is 4. The van der Waals surface area contributed by atoms with E-state index in [9.17, 15) is 14.9 Å². The summed E-state index contributed by atoms with van der Waals surface area (Å²) in [6, 6.07) is 4.77. The molecule has 7 nitrogen and oxygen atoms in total. The van der Waals surface area contributed by atoms with E-state index in [-0.39, 0.29) is 24.3 Å². The maximum Gasteiger partial charge on any atom is 0.348 e. The van der Waals surface area contributed by atoms with Crippen LogP contribution in [0.4, 0.5) is 5.69 Å². The number of carbonyl (C=O) groups is 1. The zero-order valence-corrected chi connectivity index (χ0v) is 18.1. The molecule has 1 aliphatic rings. The standard InChI is InChI=1S/C22H32N3O4/c1-6-21-23(5)19-12-16(25(27)28)8-10-18(19)24(21)13-22(26)29-20-11-15(4)7-9-17(20)14(2)3/h8,10,12,14-15,17,20H,6-7,9,11,13H2,1-5H3/q+1/t15-,17+,20-/m1/s1. The van der Waals surface area contributed by atoms with Gasteiger partial charge in [0.05, 0.1) is 18.0 Å². The van der Waals surface area contributed by atoms with E-state index in [0.29, 0.717) is 24.2 Å². The Morgan fingerprint density at radius 1 is 1.38 bits per heavy atom. The normalized spacial score (nSPS) is 22.2. The SMILES string of the molecule is CCc1n(C)c2cc([N+](=O)[O-])ccc2[n+]1CC(=O)O[C@@H]1C[C@H](C)CC[C@H]1C(C)C.